The molecule has 1 aromatic rings. The van der Waals surface area contributed by atoms with Crippen LogP contribution < -0.4 is 5.32 Å². The number of carbonyl (C=O) groups is 1. The largest absolute Gasteiger partial charge is 0.352 e. The fraction of sp³-hybridized carbons (Fsp3) is 0.667. The number of rotatable bonds is 2. The molecule has 0 aromatic carbocycles. The maximum atomic E-state index is 12.1. The molecule has 1 aliphatic heterocycles. The van der Waals surface area contributed by atoms with Crippen molar-refractivity contribution in [2.24, 2.45) is 0 Å². The van der Waals surface area contributed by atoms with Gasteiger partial charge in [-0.2, -0.15) is 0 Å². The van der Waals surface area contributed by atoms with E-state index in [9.17, 15) is 4.79 Å². The Kier molecular flexibility index (Phi) is 3.42. The van der Waals surface area contributed by atoms with E-state index in [1.165, 1.54) is 42.5 Å². The normalized spacial score (nSPS) is 20.6. The molecular weight excluding hydrogens is 242 g/mol. The molecule has 1 saturated carbocycles. The summed E-state index contributed by atoms with van der Waals surface area (Å²) < 4.78 is 0. The van der Waals surface area contributed by atoms with Crippen LogP contribution in [-0.2, 0) is 12.8 Å². The van der Waals surface area contributed by atoms with Gasteiger partial charge in [0.05, 0.1) is 5.56 Å². The van der Waals surface area contributed by atoms with Crippen LogP contribution in [0.3, 0.4) is 0 Å². The molecule has 3 heteroatoms. The van der Waals surface area contributed by atoms with E-state index in [4.69, 9.17) is 0 Å². The maximum absolute atomic E-state index is 12.1. The van der Waals surface area contributed by atoms with Crippen LogP contribution in [0.2, 0.25) is 0 Å². The number of hydrogen-bond donors (Lipinski definition) is 1. The first-order chi connectivity index (χ1) is 8.81. The van der Waals surface area contributed by atoms with Gasteiger partial charge < -0.3 is 5.32 Å². The highest BCUT2D eigenvalue weighted by Gasteiger charge is 2.29. The van der Waals surface area contributed by atoms with Gasteiger partial charge in [0.1, 0.15) is 0 Å². The highest BCUT2D eigenvalue weighted by Crippen LogP contribution is 2.42. The van der Waals surface area contributed by atoms with Crippen molar-refractivity contribution in [1.29, 1.82) is 0 Å². The second-order valence-corrected chi connectivity index (χ2v) is 6.57. The van der Waals surface area contributed by atoms with Gasteiger partial charge in [-0.05, 0) is 37.2 Å². The van der Waals surface area contributed by atoms with E-state index in [0.29, 0.717) is 0 Å². The van der Waals surface area contributed by atoms with Crippen molar-refractivity contribution in [1.82, 2.24) is 5.32 Å². The second-order valence-electron chi connectivity index (χ2n) is 5.44. The summed E-state index contributed by atoms with van der Waals surface area (Å²) in [4.78, 5) is 14.9. The highest BCUT2D eigenvalue weighted by molar-refractivity contribution is 7.12. The molecule has 1 fully saturated rings. The molecule has 2 aliphatic rings. The summed E-state index contributed by atoms with van der Waals surface area (Å²) in [5, 5.41) is 3.00. The lowest BCUT2D eigenvalue weighted by Gasteiger charge is -2.21. The standard InChI is InChI=1S/C15H21NOS/c1-2-11-13-12(8-9-16-15(13)17)18-14(11)10-6-4-3-5-7-10/h10H,2-9H2,1H3,(H,16,17). The molecule has 1 aliphatic carbocycles. The summed E-state index contributed by atoms with van der Waals surface area (Å²) in [6.45, 7) is 3.01. The Balaban J connectivity index is 2.01. The average molecular weight is 263 g/mol. The summed E-state index contributed by atoms with van der Waals surface area (Å²) in [7, 11) is 0. The fourth-order valence-electron chi connectivity index (χ4n) is 3.40. The van der Waals surface area contributed by atoms with Crippen molar-refractivity contribution >= 4 is 17.2 Å². The fourth-order valence-corrected chi connectivity index (χ4v) is 4.96. The van der Waals surface area contributed by atoms with E-state index in [0.717, 1.165) is 30.9 Å². The quantitative estimate of drug-likeness (QED) is 0.867. The lowest BCUT2D eigenvalue weighted by Crippen LogP contribution is -2.31. The molecule has 0 bridgehead atoms. The lowest BCUT2D eigenvalue weighted by molar-refractivity contribution is 0.0946. The van der Waals surface area contributed by atoms with Crippen LogP contribution in [0.5, 0.6) is 0 Å². The van der Waals surface area contributed by atoms with Gasteiger partial charge >= 0.3 is 0 Å². The topological polar surface area (TPSA) is 29.1 Å². The van der Waals surface area contributed by atoms with E-state index < -0.39 is 0 Å². The van der Waals surface area contributed by atoms with Crippen molar-refractivity contribution < 1.29 is 4.79 Å². The number of amides is 1. The molecule has 98 valence electrons. The number of nitrogens with one attached hydrogen (secondary N) is 1. The smallest absolute Gasteiger partial charge is 0.252 e. The minimum absolute atomic E-state index is 0.173. The van der Waals surface area contributed by atoms with Crippen LogP contribution in [0.1, 0.15) is 70.6 Å². The molecule has 1 aromatic heterocycles. The van der Waals surface area contributed by atoms with Gasteiger partial charge in [-0.25, -0.2) is 0 Å². The minimum atomic E-state index is 0.173. The Labute approximate surface area is 113 Å². The van der Waals surface area contributed by atoms with Crippen LogP contribution in [-0.4, -0.2) is 12.5 Å². The molecule has 0 spiro atoms. The number of thiophene rings is 1. The predicted octanol–water partition coefficient (Wildman–Crippen LogP) is 3.64. The Morgan fingerprint density at radius 2 is 2.06 bits per heavy atom. The van der Waals surface area contributed by atoms with Crippen molar-refractivity contribution in [2.45, 2.75) is 57.8 Å². The molecule has 1 N–H and O–H groups in total. The van der Waals surface area contributed by atoms with Crippen LogP contribution in [0, 0.1) is 0 Å². The zero-order chi connectivity index (χ0) is 12.5. The van der Waals surface area contributed by atoms with Gasteiger partial charge in [0.25, 0.3) is 5.91 Å². The van der Waals surface area contributed by atoms with Crippen LogP contribution in [0.25, 0.3) is 0 Å². The maximum Gasteiger partial charge on any atom is 0.252 e. The molecule has 0 saturated heterocycles. The number of fused-ring (bicyclic) bond motifs is 1. The van der Waals surface area contributed by atoms with E-state index in [1.807, 2.05) is 11.3 Å². The highest BCUT2D eigenvalue weighted by atomic mass is 32.1. The number of hydrogen-bond acceptors (Lipinski definition) is 2. The SMILES string of the molecule is CCc1c(C2CCCCC2)sc2c1C(=O)NCC2. The van der Waals surface area contributed by atoms with E-state index >= 15 is 0 Å². The third kappa shape index (κ3) is 1.99. The summed E-state index contributed by atoms with van der Waals surface area (Å²) >= 11 is 1.94. The Hall–Kier alpha value is -0.830. The van der Waals surface area contributed by atoms with Crippen molar-refractivity contribution in [3.8, 4) is 0 Å². The van der Waals surface area contributed by atoms with Crippen molar-refractivity contribution in [3.05, 3.63) is 20.9 Å². The molecule has 0 radical (unpaired) electrons. The molecule has 3 rings (SSSR count). The number of carbonyl (C=O) groups excluding carboxylic acids is 1. The predicted molar refractivity (Wildman–Crippen MR) is 75.6 cm³/mol. The first kappa shape index (κ1) is 12.2. The summed E-state index contributed by atoms with van der Waals surface area (Å²) in [6, 6.07) is 0. The molecule has 2 heterocycles. The first-order valence-electron chi connectivity index (χ1n) is 7.24. The monoisotopic (exact) mass is 263 g/mol. The Morgan fingerprint density at radius 3 is 2.78 bits per heavy atom. The van der Waals surface area contributed by atoms with Crippen LogP contribution in [0.15, 0.2) is 0 Å². The first-order valence-corrected chi connectivity index (χ1v) is 8.05. The van der Waals surface area contributed by atoms with Crippen LogP contribution >= 0.6 is 11.3 Å². The van der Waals surface area contributed by atoms with Crippen LogP contribution in [0.4, 0.5) is 0 Å². The zero-order valence-electron chi connectivity index (χ0n) is 11.1. The van der Waals surface area contributed by atoms with E-state index in [2.05, 4.69) is 12.2 Å². The molecule has 18 heavy (non-hydrogen) atoms. The van der Waals surface area contributed by atoms with Crippen molar-refractivity contribution in [2.75, 3.05) is 6.54 Å². The third-order valence-electron chi connectivity index (χ3n) is 4.31. The minimum Gasteiger partial charge on any atom is -0.352 e. The van der Waals surface area contributed by atoms with Gasteiger partial charge in [0.15, 0.2) is 0 Å². The third-order valence-corrected chi connectivity index (χ3v) is 5.76. The Bertz CT molecular complexity index is 457. The zero-order valence-corrected chi connectivity index (χ0v) is 11.9. The average Bonchev–Trinajstić information content (AvgIpc) is 2.79. The van der Waals surface area contributed by atoms with Gasteiger partial charge in [-0.3, -0.25) is 4.79 Å². The second kappa shape index (κ2) is 5.04. The lowest BCUT2D eigenvalue weighted by atomic mass is 9.85. The molecule has 1 amide bonds. The molecule has 0 atom stereocenters. The van der Waals surface area contributed by atoms with Gasteiger partial charge in [0, 0.05) is 16.3 Å². The molecular formula is C15H21NOS. The molecule has 0 unspecified atom stereocenters. The van der Waals surface area contributed by atoms with E-state index in [1.54, 1.807) is 4.88 Å². The van der Waals surface area contributed by atoms with Crippen molar-refractivity contribution in [3.63, 3.8) is 0 Å². The van der Waals surface area contributed by atoms with Gasteiger partial charge in [-0.1, -0.05) is 26.2 Å². The van der Waals surface area contributed by atoms with E-state index in [-0.39, 0.29) is 5.91 Å². The Morgan fingerprint density at radius 1 is 1.28 bits per heavy atom. The summed E-state index contributed by atoms with van der Waals surface area (Å²) in [6.07, 6.45) is 8.81. The van der Waals surface area contributed by atoms with Gasteiger partial charge in [-0.15, -0.1) is 11.3 Å². The summed E-state index contributed by atoms with van der Waals surface area (Å²) in [5.41, 5.74) is 2.40. The summed E-state index contributed by atoms with van der Waals surface area (Å²) in [5.74, 6) is 0.906. The molecule has 2 nitrogen and oxygen atoms in total. The van der Waals surface area contributed by atoms with Gasteiger partial charge in [0.2, 0.25) is 0 Å².